The molecule has 2 rings (SSSR count). The molecule has 1 N–H and O–H groups in total. The monoisotopic (exact) mass is 446 g/mol. The van der Waals surface area contributed by atoms with Crippen molar-refractivity contribution in [2.24, 2.45) is 0 Å². The predicted octanol–water partition coefficient (Wildman–Crippen LogP) is 4.21. The molecule has 0 aliphatic heterocycles. The Balaban J connectivity index is 2.26. The van der Waals surface area contributed by atoms with E-state index in [0.29, 0.717) is 10.2 Å². The molecule has 0 radical (unpaired) electrons. The molecular weight excluding hydrogens is 439 g/mol. The van der Waals surface area contributed by atoms with Gasteiger partial charge in [-0.2, -0.15) is 0 Å². The second-order valence-corrected chi connectivity index (χ2v) is 5.98. The van der Waals surface area contributed by atoms with Crippen LogP contribution in [-0.4, -0.2) is 10.8 Å². The zero-order valence-corrected chi connectivity index (χ0v) is 13.7. The van der Waals surface area contributed by atoms with Crippen LogP contribution in [0.15, 0.2) is 46.9 Å². The van der Waals surface area contributed by atoms with E-state index in [2.05, 4.69) is 43.8 Å². The maximum absolute atomic E-state index is 12.1. The Morgan fingerprint density at radius 2 is 1.85 bits per heavy atom. The van der Waals surface area contributed by atoms with Gasteiger partial charge in [-0.15, -0.1) is 0 Å². The minimum atomic E-state index is -0.534. The smallest absolute Gasteiger partial charge is 0.270 e. The predicted molar refractivity (Wildman–Crippen MR) is 87.9 cm³/mol. The number of halogens is 2. The fraction of sp³-hybridized carbons (Fsp3) is 0. The van der Waals surface area contributed by atoms with Gasteiger partial charge in [-0.1, -0.05) is 0 Å². The maximum atomic E-state index is 12.1. The van der Waals surface area contributed by atoms with Gasteiger partial charge >= 0.3 is 0 Å². The lowest BCUT2D eigenvalue weighted by atomic mass is 10.2. The number of nitrogens with one attached hydrogen (secondary N) is 1. The van der Waals surface area contributed by atoms with Gasteiger partial charge < -0.3 is 5.32 Å². The van der Waals surface area contributed by atoms with Gasteiger partial charge in [0, 0.05) is 25.9 Å². The van der Waals surface area contributed by atoms with E-state index in [9.17, 15) is 14.9 Å². The summed E-state index contributed by atoms with van der Waals surface area (Å²) >= 11 is 5.38. The number of hydrogen-bond donors (Lipinski definition) is 1. The highest BCUT2D eigenvalue weighted by Gasteiger charge is 2.15. The lowest BCUT2D eigenvalue weighted by Gasteiger charge is -2.07. The van der Waals surface area contributed by atoms with Crippen LogP contribution in [0.4, 0.5) is 11.4 Å². The largest absolute Gasteiger partial charge is 0.322 e. The lowest BCUT2D eigenvalue weighted by Crippen LogP contribution is -2.12. The Morgan fingerprint density at radius 3 is 2.45 bits per heavy atom. The van der Waals surface area contributed by atoms with Gasteiger partial charge in [0.2, 0.25) is 0 Å². The van der Waals surface area contributed by atoms with Crippen molar-refractivity contribution < 1.29 is 9.72 Å². The van der Waals surface area contributed by atoms with Crippen LogP contribution >= 0.6 is 38.5 Å². The first-order valence-electron chi connectivity index (χ1n) is 5.48. The Morgan fingerprint density at radius 1 is 1.20 bits per heavy atom. The number of non-ortho nitro benzene ring substituents is 1. The number of nitrogens with zero attached hydrogens (tertiary/aromatic N) is 1. The van der Waals surface area contributed by atoms with Gasteiger partial charge in [0.25, 0.3) is 11.6 Å². The summed E-state index contributed by atoms with van der Waals surface area (Å²) in [7, 11) is 0. The summed E-state index contributed by atoms with van der Waals surface area (Å²) in [5.41, 5.74) is 0.729. The average Bonchev–Trinajstić information content (AvgIpc) is 2.41. The minimum Gasteiger partial charge on any atom is -0.322 e. The van der Waals surface area contributed by atoms with Crippen LogP contribution in [0.3, 0.4) is 0 Å². The summed E-state index contributed by atoms with van der Waals surface area (Å²) in [4.78, 5) is 22.3. The molecule has 2 aromatic carbocycles. The number of carbonyl (C=O) groups excluding carboxylic acids is 1. The third-order valence-electron chi connectivity index (χ3n) is 2.51. The second kappa shape index (κ2) is 6.31. The van der Waals surface area contributed by atoms with Gasteiger partial charge in [-0.25, -0.2) is 0 Å². The van der Waals surface area contributed by atoms with E-state index in [1.54, 1.807) is 12.1 Å². The molecule has 0 bridgehead atoms. The number of nitro benzene ring substituents is 1. The Bertz CT molecular complexity index is 674. The first-order chi connectivity index (χ1) is 9.47. The van der Waals surface area contributed by atoms with Gasteiger partial charge in [0.15, 0.2) is 0 Å². The minimum absolute atomic E-state index is 0.124. The molecule has 0 fully saturated rings. The van der Waals surface area contributed by atoms with Gasteiger partial charge in [-0.05, 0) is 68.9 Å². The number of anilines is 1. The zero-order chi connectivity index (χ0) is 14.7. The van der Waals surface area contributed by atoms with Crippen molar-refractivity contribution in [2.45, 2.75) is 0 Å². The van der Waals surface area contributed by atoms with Crippen molar-refractivity contribution in [2.75, 3.05) is 5.32 Å². The fourth-order valence-corrected chi connectivity index (χ4v) is 2.32. The van der Waals surface area contributed by atoms with Gasteiger partial charge in [0.05, 0.1) is 10.5 Å². The second-order valence-electron chi connectivity index (χ2n) is 3.88. The Hall–Kier alpha value is -1.48. The number of hydrogen-bond acceptors (Lipinski definition) is 3. The van der Waals surface area contributed by atoms with Crippen LogP contribution in [0.5, 0.6) is 0 Å². The van der Waals surface area contributed by atoms with Crippen LogP contribution in [0.25, 0.3) is 0 Å². The van der Waals surface area contributed by atoms with Crippen molar-refractivity contribution in [3.63, 3.8) is 0 Å². The molecule has 0 saturated carbocycles. The van der Waals surface area contributed by atoms with Crippen molar-refractivity contribution in [1.29, 1.82) is 0 Å². The summed E-state index contributed by atoms with van der Waals surface area (Å²) in [5.74, 6) is -0.401. The van der Waals surface area contributed by atoms with Gasteiger partial charge in [-0.3, -0.25) is 14.9 Å². The van der Waals surface area contributed by atoms with Crippen LogP contribution in [0, 0.1) is 13.7 Å². The number of benzene rings is 2. The Kier molecular flexibility index (Phi) is 4.71. The molecule has 0 aliphatic carbocycles. The quantitative estimate of drug-likeness (QED) is 0.436. The van der Waals surface area contributed by atoms with E-state index in [1.165, 1.54) is 18.2 Å². The molecule has 102 valence electrons. The molecule has 0 unspecified atom stereocenters. The van der Waals surface area contributed by atoms with E-state index in [1.807, 2.05) is 12.1 Å². The molecule has 1 amide bonds. The molecular formula is C13H8BrIN2O3. The highest BCUT2D eigenvalue weighted by Crippen LogP contribution is 2.23. The highest BCUT2D eigenvalue weighted by atomic mass is 127. The number of nitro groups is 1. The molecule has 0 saturated heterocycles. The van der Waals surface area contributed by atoms with E-state index in [4.69, 9.17) is 0 Å². The van der Waals surface area contributed by atoms with E-state index in [0.717, 1.165) is 3.57 Å². The van der Waals surface area contributed by atoms with Crippen molar-refractivity contribution >= 4 is 55.8 Å². The Labute approximate surface area is 136 Å². The standard InChI is InChI=1S/C13H8BrIN2O3/c14-12-6-5-10(17(19)20)7-11(12)13(18)16-9-3-1-8(15)2-4-9/h1-7H,(H,16,18). The molecule has 0 heterocycles. The zero-order valence-electron chi connectivity index (χ0n) is 9.97. The molecule has 0 spiro atoms. The van der Waals surface area contributed by atoms with Crippen LogP contribution < -0.4 is 5.32 Å². The topological polar surface area (TPSA) is 72.2 Å². The molecule has 20 heavy (non-hydrogen) atoms. The first kappa shape index (κ1) is 14.9. The number of amides is 1. The summed E-state index contributed by atoms with van der Waals surface area (Å²) in [6.45, 7) is 0. The van der Waals surface area contributed by atoms with Crippen molar-refractivity contribution in [3.8, 4) is 0 Å². The molecule has 0 atom stereocenters. The highest BCUT2D eigenvalue weighted by molar-refractivity contribution is 14.1. The lowest BCUT2D eigenvalue weighted by molar-refractivity contribution is -0.384. The summed E-state index contributed by atoms with van der Waals surface area (Å²) in [6.07, 6.45) is 0. The van der Waals surface area contributed by atoms with Crippen molar-refractivity contribution in [1.82, 2.24) is 0 Å². The van der Waals surface area contributed by atoms with Crippen LogP contribution in [0.1, 0.15) is 10.4 Å². The third kappa shape index (κ3) is 3.54. The first-order valence-corrected chi connectivity index (χ1v) is 7.35. The molecule has 7 heteroatoms. The van der Waals surface area contributed by atoms with E-state index < -0.39 is 10.8 Å². The van der Waals surface area contributed by atoms with Crippen molar-refractivity contribution in [3.05, 3.63) is 66.2 Å². The molecule has 2 aromatic rings. The van der Waals surface area contributed by atoms with Crippen LogP contribution in [0.2, 0.25) is 0 Å². The number of rotatable bonds is 3. The third-order valence-corrected chi connectivity index (χ3v) is 3.92. The fourth-order valence-electron chi connectivity index (χ4n) is 1.53. The summed E-state index contributed by atoms with van der Waals surface area (Å²) in [6, 6.07) is 11.3. The molecule has 5 nitrogen and oxygen atoms in total. The molecule has 0 aliphatic rings. The maximum Gasteiger partial charge on any atom is 0.270 e. The van der Waals surface area contributed by atoms with E-state index >= 15 is 0 Å². The van der Waals surface area contributed by atoms with Gasteiger partial charge in [0.1, 0.15) is 0 Å². The average molecular weight is 447 g/mol. The molecule has 0 aromatic heterocycles. The van der Waals surface area contributed by atoms with E-state index in [-0.39, 0.29) is 11.3 Å². The van der Waals surface area contributed by atoms with Crippen LogP contribution in [-0.2, 0) is 0 Å². The number of carbonyl (C=O) groups is 1. The SMILES string of the molecule is O=C(Nc1ccc(I)cc1)c1cc([N+](=O)[O-])ccc1Br. The summed E-state index contributed by atoms with van der Waals surface area (Å²) in [5, 5.41) is 13.4. The normalized spacial score (nSPS) is 10.1. The summed E-state index contributed by atoms with van der Waals surface area (Å²) < 4.78 is 1.56.